The van der Waals surface area contributed by atoms with E-state index in [1.165, 1.54) is 18.3 Å². The lowest BCUT2D eigenvalue weighted by atomic mass is 10.3. The minimum absolute atomic E-state index is 0.0757. The highest BCUT2D eigenvalue weighted by Crippen LogP contribution is 2.13. The minimum Gasteiger partial charge on any atom is -0.478 e. The fraction of sp³-hybridized carbons (Fsp3) is 0.0833. The zero-order chi connectivity index (χ0) is 15.5. The molecule has 0 atom stereocenters. The van der Waals surface area contributed by atoms with Gasteiger partial charge in [0.15, 0.2) is 5.03 Å². The van der Waals surface area contributed by atoms with Crippen molar-refractivity contribution >= 4 is 27.9 Å². The molecule has 8 nitrogen and oxygen atoms in total. The quantitative estimate of drug-likeness (QED) is 0.708. The highest BCUT2D eigenvalue weighted by molar-refractivity contribution is 7.92. The number of carboxylic acids is 1. The van der Waals surface area contributed by atoms with Gasteiger partial charge in [-0.1, -0.05) is 6.07 Å². The number of aromatic amines is 1. The normalized spacial score (nSPS) is 11.7. The maximum absolute atomic E-state index is 12.1. The van der Waals surface area contributed by atoms with E-state index in [4.69, 9.17) is 5.11 Å². The van der Waals surface area contributed by atoms with E-state index in [1.807, 2.05) is 0 Å². The smallest absolute Gasteiger partial charge is 0.328 e. The van der Waals surface area contributed by atoms with Crippen molar-refractivity contribution in [3.05, 3.63) is 42.0 Å². The zero-order valence-electron chi connectivity index (χ0n) is 10.9. The van der Waals surface area contributed by atoms with Crippen LogP contribution in [-0.2, 0) is 14.8 Å². The fourth-order valence-corrected chi connectivity index (χ4v) is 2.46. The number of hydrogen-bond acceptors (Lipinski definition) is 5. The van der Waals surface area contributed by atoms with Gasteiger partial charge < -0.3 is 10.1 Å². The second-order valence-electron chi connectivity index (χ2n) is 4.06. The highest BCUT2D eigenvalue weighted by atomic mass is 32.2. The molecular formula is C12H12N4O4S. The number of anilines is 1. The van der Waals surface area contributed by atoms with Gasteiger partial charge in [0.1, 0.15) is 11.6 Å². The van der Waals surface area contributed by atoms with Gasteiger partial charge >= 0.3 is 5.97 Å². The van der Waals surface area contributed by atoms with Crippen LogP contribution in [0.25, 0.3) is 6.08 Å². The number of imidazole rings is 1. The fourth-order valence-electron chi connectivity index (χ4n) is 1.49. The maximum Gasteiger partial charge on any atom is 0.328 e. The van der Waals surface area contributed by atoms with Crippen molar-refractivity contribution in [1.29, 1.82) is 0 Å². The van der Waals surface area contributed by atoms with E-state index in [9.17, 15) is 13.2 Å². The Labute approximate surface area is 120 Å². The van der Waals surface area contributed by atoms with Crippen molar-refractivity contribution in [3.63, 3.8) is 0 Å². The second kappa shape index (κ2) is 5.75. The third-order valence-corrected chi connectivity index (χ3v) is 3.64. The Kier molecular flexibility index (Phi) is 4.03. The summed E-state index contributed by atoms with van der Waals surface area (Å²) in [7, 11) is -3.81. The molecule has 0 aliphatic rings. The van der Waals surface area contributed by atoms with Gasteiger partial charge in [0.2, 0.25) is 0 Å². The summed E-state index contributed by atoms with van der Waals surface area (Å²) in [5, 5.41) is 8.47. The molecule has 2 aromatic heterocycles. The van der Waals surface area contributed by atoms with Crippen LogP contribution in [0.2, 0.25) is 0 Å². The first-order chi connectivity index (χ1) is 9.87. The molecule has 2 aromatic rings. The van der Waals surface area contributed by atoms with E-state index >= 15 is 0 Å². The van der Waals surface area contributed by atoms with Crippen LogP contribution in [0, 0.1) is 6.92 Å². The monoisotopic (exact) mass is 308 g/mol. The average molecular weight is 308 g/mol. The van der Waals surface area contributed by atoms with Gasteiger partial charge in [-0.2, -0.15) is 8.42 Å². The summed E-state index contributed by atoms with van der Waals surface area (Å²) in [4.78, 5) is 20.9. The van der Waals surface area contributed by atoms with Crippen LogP contribution in [-0.4, -0.2) is 34.4 Å². The van der Waals surface area contributed by atoms with Gasteiger partial charge in [0.05, 0.1) is 11.9 Å². The molecule has 0 radical (unpaired) electrons. The molecule has 0 aliphatic heterocycles. The standard InChI is InChI=1S/C12H12N4O4S/c1-8-13-7-11(14-8)21(19,20)16-10-4-2-3-9(15-10)5-6-12(17)18/h2-7H,1H3,(H,13,14)(H,15,16)(H,17,18). The summed E-state index contributed by atoms with van der Waals surface area (Å²) in [5.74, 6) is -0.563. The number of aromatic nitrogens is 3. The van der Waals surface area contributed by atoms with Crippen molar-refractivity contribution in [1.82, 2.24) is 15.0 Å². The van der Waals surface area contributed by atoms with Crippen LogP contribution in [0.5, 0.6) is 0 Å². The van der Waals surface area contributed by atoms with E-state index in [0.717, 1.165) is 6.08 Å². The summed E-state index contributed by atoms with van der Waals surface area (Å²) in [6.07, 6.45) is 3.38. The molecule has 9 heteroatoms. The number of hydrogen-bond donors (Lipinski definition) is 3. The molecule has 0 bridgehead atoms. The number of nitrogens with zero attached hydrogens (tertiary/aromatic N) is 2. The largest absolute Gasteiger partial charge is 0.478 e. The predicted molar refractivity (Wildman–Crippen MR) is 75.0 cm³/mol. The topological polar surface area (TPSA) is 125 Å². The molecule has 0 unspecified atom stereocenters. The van der Waals surface area contributed by atoms with Crippen LogP contribution >= 0.6 is 0 Å². The molecule has 0 aromatic carbocycles. The van der Waals surface area contributed by atoms with Gasteiger partial charge in [-0.15, -0.1) is 0 Å². The lowest BCUT2D eigenvalue weighted by molar-refractivity contribution is -0.131. The molecule has 0 fully saturated rings. The highest BCUT2D eigenvalue weighted by Gasteiger charge is 2.17. The number of carbonyl (C=O) groups is 1. The summed E-state index contributed by atoms with van der Waals surface area (Å²) < 4.78 is 26.4. The van der Waals surface area contributed by atoms with E-state index in [1.54, 1.807) is 19.1 Å². The Balaban J connectivity index is 2.23. The third-order valence-electron chi connectivity index (χ3n) is 2.38. The van der Waals surface area contributed by atoms with Crippen molar-refractivity contribution in [2.24, 2.45) is 0 Å². The minimum atomic E-state index is -3.81. The number of H-pyrrole nitrogens is 1. The number of pyridine rings is 1. The lowest BCUT2D eigenvalue weighted by Crippen LogP contribution is -2.14. The van der Waals surface area contributed by atoms with Gasteiger partial charge in [0.25, 0.3) is 10.0 Å². The third kappa shape index (κ3) is 3.89. The first kappa shape index (κ1) is 14.7. The summed E-state index contributed by atoms with van der Waals surface area (Å²) in [6, 6.07) is 4.57. The maximum atomic E-state index is 12.1. The van der Waals surface area contributed by atoms with Crippen LogP contribution < -0.4 is 4.72 Å². The lowest BCUT2D eigenvalue weighted by Gasteiger charge is -2.05. The molecule has 2 heterocycles. The molecule has 110 valence electrons. The zero-order valence-corrected chi connectivity index (χ0v) is 11.8. The summed E-state index contributed by atoms with van der Waals surface area (Å²) in [5.41, 5.74) is 0.318. The van der Waals surface area contributed by atoms with Crippen molar-refractivity contribution in [2.75, 3.05) is 4.72 Å². The number of aryl methyl sites for hydroxylation is 1. The van der Waals surface area contributed by atoms with Crippen LogP contribution in [0.15, 0.2) is 35.5 Å². The first-order valence-electron chi connectivity index (χ1n) is 5.79. The SMILES string of the molecule is Cc1ncc(S(=O)(=O)Nc2cccc(C=CC(=O)O)n2)[nH]1. The Morgan fingerprint density at radius 1 is 1.43 bits per heavy atom. The van der Waals surface area contributed by atoms with Gasteiger partial charge in [-0.05, 0) is 25.1 Å². The van der Waals surface area contributed by atoms with E-state index in [-0.39, 0.29) is 10.8 Å². The Morgan fingerprint density at radius 3 is 2.81 bits per heavy atom. The molecule has 0 saturated heterocycles. The molecule has 0 aliphatic carbocycles. The van der Waals surface area contributed by atoms with Gasteiger partial charge in [-0.3, -0.25) is 4.72 Å². The molecule has 0 amide bonds. The predicted octanol–water partition coefficient (Wildman–Crippen LogP) is 1.01. The van der Waals surface area contributed by atoms with Crippen LogP contribution in [0.3, 0.4) is 0 Å². The number of rotatable bonds is 5. The van der Waals surface area contributed by atoms with Crippen molar-refractivity contribution in [2.45, 2.75) is 11.9 Å². The second-order valence-corrected chi connectivity index (χ2v) is 5.71. The summed E-state index contributed by atoms with van der Waals surface area (Å²) >= 11 is 0. The van der Waals surface area contributed by atoms with Crippen molar-refractivity contribution < 1.29 is 18.3 Å². The number of aliphatic carboxylic acids is 1. The molecular weight excluding hydrogens is 296 g/mol. The Morgan fingerprint density at radius 2 is 2.19 bits per heavy atom. The number of nitrogens with one attached hydrogen (secondary N) is 2. The van der Waals surface area contributed by atoms with E-state index < -0.39 is 16.0 Å². The van der Waals surface area contributed by atoms with E-state index in [0.29, 0.717) is 11.5 Å². The molecule has 0 spiro atoms. The van der Waals surface area contributed by atoms with Gasteiger partial charge in [-0.25, -0.2) is 14.8 Å². The average Bonchev–Trinajstić information content (AvgIpc) is 2.84. The molecule has 0 saturated carbocycles. The molecule has 2 rings (SSSR count). The number of sulfonamides is 1. The summed E-state index contributed by atoms with van der Waals surface area (Å²) in [6.45, 7) is 1.63. The van der Waals surface area contributed by atoms with E-state index in [2.05, 4.69) is 19.7 Å². The Hall–Kier alpha value is -2.68. The van der Waals surface area contributed by atoms with Crippen LogP contribution in [0.1, 0.15) is 11.5 Å². The van der Waals surface area contributed by atoms with Crippen molar-refractivity contribution in [3.8, 4) is 0 Å². The van der Waals surface area contributed by atoms with Crippen LogP contribution in [0.4, 0.5) is 5.82 Å². The van der Waals surface area contributed by atoms with Gasteiger partial charge in [0, 0.05) is 6.08 Å². The Bertz CT molecular complexity index is 795. The molecule has 3 N–H and O–H groups in total. The first-order valence-corrected chi connectivity index (χ1v) is 7.27. The number of carboxylic acid groups (broad SMARTS) is 1. The molecule has 21 heavy (non-hydrogen) atoms.